The Bertz CT molecular complexity index is 838. The van der Waals surface area contributed by atoms with E-state index in [9.17, 15) is 22.8 Å². The Morgan fingerprint density at radius 1 is 1.14 bits per heavy atom. The molecule has 0 radical (unpaired) electrons. The van der Waals surface area contributed by atoms with Gasteiger partial charge >= 0.3 is 6.36 Å². The molecule has 28 heavy (non-hydrogen) atoms. The summed E-state index contributed by atoms with van der Waals surface area (Å²) in [4.78, 5) is 26.4. The monoisotopic (exact) mass is 392 g/mol. The van der Waals surface area contributed by atoms with E-state index in [1.54, 1.807) is 11.8 Å². The molecule has 0 spiro atoms. The van der Waals surface area contributed by atoms with Crippen LogP contribution in [0.4, 0.5) is 18.9 Å². The van der Waals surface area contributed by atoms with Gasteiger partial charge in [-0.3, -0.25) is 9.59 Å². The van der Waals surface area contributed by atoms with Crippen LogP contribution in [0.1, 0.15) is 24.9 Å². The molecule has 8 heteroatoms. The first-order valence-corrected chi connectivity index (χ1v) is 8.74. The molecule has 2 aromatic carbocycles. The predicted octanol–water partition coefficient (Wildman–Crippen LogP) is 3.82. The highest BCUT2D eigenvalue weighted by Gasteiger charge is 2.35. The number of halogens is 3. The third-order valence-corrected chi connectivity index (χ3v) is 4.54. The predicted molar refractivity (Wildman–Crippen MR) is 96.6 cm³/mol. The number of nitrogens with one attached hydrogen (secondary N) is 1. The van der Waals surface area contributed by atoms with E-state index in [1.165, 1.54) is 24.3 Å². The van der Waals surface area contributed by atoms with Crippen molar-refractivity contribution < 1.29 is 27.5 Å². The number of para-hydroxylation sites is 1. The molecular weight excluding hydrogens is 373 g/mol. The van der Waals surface area contributed by atoms with E-state index < -0.39 is 18.3 Å². The first kappa shape index (κ1) is 19.7. The number of alkyl halides is 3. The number of anilines is 1. The van der Waals surface area contributed by atoms with Gasteiger partial charge in [0.15, 0.2) is 0 Å². The lowest BCUT2D eigenvalue weighted by Gasteiger charge is -2.19. The Kier molecular flexibility index (Phi) is 5.58. The standard InChI is InChI=1S/C20H19F3N2O3/c1-13(14-7-9-17(10-8-14)28-20(21,22)23)24-19(27)15-11-18(26)25(12-15)16-5-3-2-4-6-16/h2-10,13,15H,11-12H2,1H3,(H,24,27). The van der Waals surface area contributed by atoms with Crippen molar-refractivity contribution in [2.75, 3.05) is 11.4 Å². The van der Waals surface area contributed by atoms with Crippen LogP contribution in [-0.4, -0.2) is 24.7 Å². The molecule has 0 bridgehead atoms. The molecule has 2 aromatic rings. The number of benzene rings is 2. The summed E-state index contributed by atoms with van der Waals surface area (Å²) in [6.07, 6.45) is -4.63. The summed E-state index contributed by atoms with van der Waals surface area (Å²) >= 11 is 0. The zero-order valence-corrected chi connectivity index (χ0v) is 15.1. The molecule has 1 aliphatic rings. The molecule has 1 saturated heterocycles. The quantitative estimate of drug-likeness (QED) is 0.842. The number of hydrogen-bond donors (Lipinski definition) is 1. The Labute approximate surface area is 160 Å². The van der Waals surface area contributed by atoms with Gasteiger partial charge in [0.25, 0.3) is 0 Å². The zero-order chi connectivity index (χ0) is 20.3. The van der Waals surface area contributed by atoms with E-state index >= 15 is 0 Å². The van der Waals surface area contributed by atoms with Crippen LogP contribution >= 0.6 is 0 Å². The lowest BCUT2D eigenvalue weighted by molar-refractivity contribution is -0.274. The fourth-order valence-corrected chi connectivity index (χ4v) is 3.11. The first-order chi connectivity index (χ1) is 13.2. The van der Waals surface area contributed by atoms with Crippen LogP contribution in [0.15, 0.2) is 54.6 Å². The Morgan fingerprint density at radius 3 is 2.39 bits per heavy atom. The fourth-order valence-electron chi connectivity index (χ4n) is 3.11. The molecule has 1 fully saturated rings. The van der Waals surface area contributed by atoms with Gasteiger partial charge < -0.3 is 15.0 Å². The van der Waals surface area contributed by atoms with Crippen molar-refractivity contribution in [2.45, 2.75) is 25.7 Å². The molecule has 0 aliphatic carbocycles. The number of nitrogens with zero attached hydrogens (tertiary/aromatic N) is 1. The van der Waals surface area contributed by atoms with Crippen molar-refractivity contribution in [1.82, 2.24) is 5.32 Å². The van der Waals surface area contributed by atoms with Crippen LogP contribution in [0.25, 0.3) is 0 Å². The first-order valence-electron chi connectivity index (χ1n) is 8.74. The fraction of sp³-hybridized carbons (Fsp3) is 0.300. The molecule has 148 valence electrons. The van der Waals surface area contributed by atoms with Gasteiger partial charge in [-0.1, -0.05) is 30.3 Å². The maximum atomic E-state index is 12.5. The van der Waals surface area contributed by atoms with Crippen molar-refractivity contribution in [3.63, 3.8) is 0 Å². The van der Waals surface area contributed by atoms with Gasteiger partial charge in [-0.15, -0.1) is 13.2 Å². The average molecular weight is 392 g/mol. The van der Waals surface area contributed by atoms with Gasteiger partial charge in [0.05, 0.1) is 12.0 Å². The summed E-state index contributed by atoms with van der Waals surface area (Å²) in [5, 5.41) is 2.82. The van der Waals surface area contributed by atoms with Gasteiger partial charge in [-0.25, -0.2) is 0 Å². The van der Waals surface area contributed by atoms with Crippen LogP contribution in [0.5, 0.6) is 5.75 Å². The van der Waals surface area contributed by atoms with Crippen LogP contribution in [0.3, 0.4) is 0 Å². The zero-order valence-electron chi connectivity index (χ0n) is 15.1. The molecule has 3 rings (SSSR count). The number of ether oxygens (including phenoxy) is 1. The van der Waals surface area contributed by atoms with E-state index in [4.69, 9.17) is 0 Å². The summed E-state index contributed by atoms with van der Waals surface area (Å²) in [7, 11) is 0. The van der Waals surface area contributed by atoms with E-state index in [2.05, 4.69) is 10.1 Å². The molecule has 1 heterocycles. The minimum atomic E-state index is -4.75. The molecule has 1 aliphatic heterocycles. The summed E-state index contributed by atoms with van der Waals surface area (Å²) in [6.45, 7) is 2.02. The SMILES string of the molecule is CC(NC(=O)C1CC(=O)N(c2ccccc2)C1)c1ccc(OC(F)(F)F)cc1. The molecule has 2 unspecified atom stereocenters. The van der Waals surface area contributed by atoms with Crippen molar-refractivity contribution in [3.8, 4) is 5.75 Å². The number of hydrogen-bond acceptors (Lipinski definition) is 3. The van der Waals surface area contributed by atoms with E-state index in [1.807, 2.05) is 30.3 Å². The summed E-state index contributed by atoms with van der Waals surface area (Å²) in [5.41, 5.74) is 1.38. The lowest BCUT2D eigenvalue weighted by Crippen LogP contribution is -2.34. The summed E-state index contributed by atoms with van der Waals surface area (Å²) in [6, 6.07) is 14.0. The average Bonchev–Trinajstić information content (AvgIpc) is 3.03. The van der Waals surface area contributed by atoms with E-state index in [0.717, 1.165) is 5.69 Å². The van der Waals surface area contributed by atoms with Gasteiger partial charge in [0, 0.05) is 18.7 Å². The lowest BCUT2D eigenvalue weighted by atomic mass is 10.0. The second-order valence-corrected chi connectivity index (χ2v) is 6.59. The largest absolute Gasteiger partial charge is 0.573 e. The minimum Gasteiger partial charge on any atom is -0.406 e. The van der Waals surface area contributed by atoms with Crippen molar-refractivity contribution in [1.29, 1.82) is 0 Å². The molecule has 0 saturated carbocycles. The minimum absolute atomic E-state index is 0.117. The van der Waals surface area contributed by atoms with Gasteiger partial charge in [0.2, 0.25) is 11.8 Å². The molecular formula is C20H19F3N2O3. The third-order valence-electron chi connectivity index (χ3n) is 4.54. The van der Waals surface area contributed by atoms with Gasteiger partial charge in [-0.05, 0) is 36.8 Å². The number of carbonyl (C=O) groups excluding carboxylic acids is 2. The van der Waals surface area contributed by atoms with Crippen LogP contribution in [0.2, 0.25) is 0 Å². The normalized spacial score (nSPS) is 18.1. The van der Waals surface area contributed by atoms with Crippen LogP contribution in [-0.2, 0) is 9.59 Å². The van der Waals surface area contributed by atoms with Crippen LogP contribution < -0.4 is 15.0 Å². The van der Waals surface area contributed by atoms with Crippen LogP contribution in [0, 0.1) is 5.92 Å². The molecule has 2 amide bonds. The summed E-state index contributed by atoms with van der Waals surface area (Å²) < 4.78 is 40.5. The molecule has 5 nitrogen and oxygen atoms in total. The maximum absolute atomic E-state index is 12.5. The second kappa shape index (κ2) is 7.92. The number of rotatable bonds is 5. The third kappa shape index (κ3) is 4.82. The Hall–Kier alpha value is -3.03. The number of carbonyl (C=O) groups is 2. The topological polar surface area (TPSA) is 58.6 Å². The molecule has 0 aromatic heterocycles. The maximum Gasteiger partial charge on any atom is 0.573 e. The highest BCUT2D eigenvalue weighted by molar-refractivity contribution is 6.00. The van der Waals surface area contributed by atoms with Gasteiger partial charge in [0.1, 0.15) is 5.75 Å². The number of amides is 2. The molecule has 1 N–H and O–H groups in total. The molecule has 2 atom stereocenters. The van der Waals surface area contributed by atoms with Crippen molar-refractivity contribution >= 4 is 17.5 Å². The second-order valence-electron chi connectivity index (χ2n) is 6.59. The smallest absolute Gasteiger partial charge is 0.406 e. The van der Waals surface area contributed by atoms with E-state index in [-0.39, 0.29) is 24.0 Å². The summed E-state index contributed by atoms with van der Waals surface area (Å²) in [5.74, 6) is -1.19. The Morgan fingerprint density at radius 2 is 1.79 bits per heavy atom. The Balaban J connectivity index is 1.59. The van der Waals surface area contributed by atoms with Crippen molar-refractivity contribution in [2.24, 2.45) is 5.92 Å². The van der Waals surface area contributed by atoms with Crippen molar-refractivity contribution in [3.05, 3.63) is 60.2 Å². The highest BCUT2D eigenvalue weighted by atomic mass is 19.4. The van der Waals surface area contributed by atoms with Gasteiger partial charge in [-0.2, -0.15) is 0 Å². The highest BCUT2D eigenvalue weighted by Crippen LogP contribution is 2.27. The van der Waals surface area contributed by atoms with E-state index in [0.29, 0.717) is 12.1 Å².